The molecular weight excluding hydrogens is 979 g/mol. The number of fused-ring (bicyclic) bond motifs is 6. The van der Waals surface area contributed by atoms with E-state index in [9.17, 15) is 0 Å². The molecule has 1 radical (unpaired) electrons. The molecule has 0 amide bonds. The van der Waals surface area contributed by atoms with Crippen molar-refractivity contribution in [2.24, 2.45) is 5.92 Å². The summed E-state index contributed by atoms with van der Waals surface area (Å²) in [6.07, 6.45) is 3.24. The molecule has 0 saturated carbocycles. The molecule has 0 bridgehead atoms. The van der Waals surface area contributed by atoms with E-state index in [0.29, 0.717) is 17.8 Å². The second-order valence-corrected chi connectivity index (χ2v) is 24.9. The standard InChI is InChI=1S/C39H31N2S.C18H24NSi.Ir/c1-23(2)30-12-9-13-31(24(3)4)38(30)41-35-15-8-7-14-34(35)40-39(41)27-16-17-36-32(20-27)33-21-28-18-25-10-5-6-11-26(25)19-29(28)22-37(33)42-36;1-14(2)11-16-12-17(15-9-7-6-8-10-15)19-13-18(16)20(3,4)5;/h5-15,17-24H,1-4H3;6-9,12-14H,11H2,1-5H3;/q2*-1;. The minimum absolute atomic E-state index is 0. The number of thiophene rings is 1. The maximum Gasteiger partial charge on any atom is 0.0798 e. The number of para-hydroxylation sites is 3. The molecule has 63 heavy (non-hydrogen) atoms. The van der Waals surface area contributed by atoms with E-state index in [-0.39, 0.29) is 20.1 Å². The molecule has 3 nitrogen and oxygen atoms in total. The molecule has 0 aliphatic carbocycles. The smallest absolute Gasteiger partial charge is 0.0798 e. The zero-order valence-corrected chi connectivity index (χ0v) is 42.0. The first-order chi connectivity index (χ1) is 29.8. The van der Waals surface area contributed by atoms with E-state index in [1.807, 2.05) is 29.5 Å². The number of imidazole rings is 1. The predicted molar refractivity (Wildman–Crippen MR) is 271 cm³/mol. The van der Waals surface area contributed by atoms with Crippen LogP contribution >= 0.6 is 11.3 Å². The zero-order chi connectivity index (χ0) is 43.3. The van der Waals surface area contributed by atoms with Gasteiger partial charge in [-0.2, -0.15) is 11.3 Å². The Labute approximate surface area is 391 Å². The molecule has 0 atom stereocenters. The molecule has 0 unspecified atom stereocenters. The first-order valence-corrected chi connectivity index (χ1v) is 26.4. The van der Waals surface area contributed by atoms with Gasteiger partial charge in [0.15, 0.2) is 0 Å². The number of benzene rings is 7. The molecule has 0 aliphatic rings. The zero-order valence-electron chi connectivity index (χ0n) is 37.8. The molecule has 0 spiro atoms. The molecular formula is C57H55IrN3SSi-2. The summed E-state index contributed by atoms with van der Waals surface area (Å²) in [6, 6.07) is 55.0. The number of aromatic nitrogens is 3. The average molecular weight is 1030 g/mol. The summed E-state index contributed by atoms with van der Waals surface area (Å²) in [5.74, 6) is 2.37. The van der Waals surface area contributed by atoms with E-state index in [1.165, 1.54) is 69.3 Å². The molecule has 10 aromatic rings. The Balaban J connectivity index is 0.000000219. The Kier molecular flexibility index (Phi) is 12.7. The maximum absolute atomic E-state index is 5.25. The van der Waals surface area contributed by atoms with Gasteiger partial charge in [-0.05, 0) is 114 Å². The molecule has 0 aliphatic heterocycles. The van der Waals surface area contributed by atoms with Gasteiger partial charge < -0.3 is 9.55 Å². The van der Waals surface area contributed by atoms with Crippen molar-refractivity contribution in [2.75, 3.05) is 0 Å². The first-order valence-electron chi connectivity index (χ1n) is 22.1. The molecule has 10 rings (SSSR count). The molecule has 3 aromatic heterocycles. The third-order valence-electron chi connectivity index (χ3n) is 12.0. The maximum atomic E-state index is 5.25. The molecule has 3 heterocycles. The number of rotatable bonds is 8. The summed E-state index contributed by atoms with van der Waals surface area (Å²) in [4.78, 5) is 9.94. The van der Waals surface area contributed by atoms with Crippen LogP contribution in [-0.4, -0.2) is 22.6 Å². The Morgan fingerprint density at radius 3 is 1.94 bits per heavy atom. The molecule has 7 aromatic carbocycles. The van der Waals surface area contributed by atoms with E-state index in [4.69, 9.17) is 4.98 Å². The van der Waals surface area contributed by atoms with Gasteiger partial charge in [0, 0.05) is 36.7 Å². The fraction of sp³-hybridized carbons (Fsp3) is 0.228. The van der Waals surface area contributed by atoms with Crippen LogP contribution in [0.15, 0.2) is 140 Å². The van der Waals surface area contributed by atoms with E-state index in [2.05, 4.69) is 204 Å². The van der Waals surface area contributed by atoms with Crippen molar-refractivity contribution >= 4 is 77.3 Å². The first kappa shape index (κ1) is 44.4. The van der Waals surface area contributed by atoms with E-state index in [0.717, 1.165) is 40.1 Å². The molecule has 0 fully saturated rings. The summed E-state index contributed by atoms with van der Waals surface area (Å²) < 4.78 is 4.95. The average Bonchev–Trinajstić information content (AvgIpc) is 3.82. The molecule has 6 heteroatoms. The SMILES string of the molecule is CC(C)Cc1cc(-c2[c-]cccc2)ncc1[Si](C)(C)C.CC(C)c1cccc(C(C)C)c1-n1c(-c2[c-]cc3sc4cc5cc6ccccc6cc5cc4c3c2)nc2ccccc21.[Ir]. The van der Waals surface area contributed by atoms with Crippen LogP contribution in [-0.2, 0) is 26.5 Å². The van der Waals surface area contributed by atoms with Gasteiger partial charge in [-0.25, -0.2) is 0 Å². The van der Waals surface area contributed by atoms with Crippen molar-refractivity contribution in [3.63, 3.8) is 0 Å². The van der Waals surface area contributed by atoms with Gasteiger partial charge >= 0.3 is 0 Å². The number of nitrogens with zero attached hydrogens (tertiary/aromatic N) is 3. The summed E-state index contributed by atoms with van der Waals surface area (Å²) in [5.41, 5.74) is 10.7. The van der Waals surface area contributed by atoms with Crippen molar-refractivity contribution in [1.29, 1.82) is 0 Å². The van der Waals surface area contributed by atoms with Gasteiger partial charge in [-0.3, -0.25) is 4.98 Å². The van der Waals surface area contributed by atoms with Gasteiger partial charge in [-0.15, -0.1) is 59.7 Å². The van der Waals surface area contributed by atoms with E-state index < -0.39 is 8.07 Å². The fourth-order valence-electron chi connectivity index (χ4n) is 8.97. The molecule has 0 N–H and O–H groups in total. The number of hydrogen-bond donors (Lipinski definition) is 0. The molecule has 319 valence electrons. The summed E-state index contributed by atoms with van der Waals surface area (Å²) in [6.45, 7) is 20.9. The van der Waals surface area contributed by atoms with Crippen molar-refractivity contribution in [1.82, 2.24) is 14.5 Å². The quantitative estimate of drug-likeness (QED) is 0.0863. The number of hydrogen-bond acceptors (Lipinski definition) is 3. The van der Waals surface area contributed by atoms with Crippen LogP contribution in [0.4, 0.5) is 0 Å². The Morgan fingerprint density at radius 1 is 0.635 bits per heavy atom. The third-order valence-corrected chi connectivity index (χ3v) is 15.2. The van der Waals surface area contributed by atoms with Crippen molar-refractivity contribution < 1.29 is 20.1 Å². The van der Waals surface area contributed by atoms with Gasteiger partial charge in [0.2, 0.25) is 0 Å². The van der Waals surface area contributed by atoms with E-state index >= 15 is 0 Å². The van der Waals surface area contributed by atoms with Crippen LogP contribution in [0.25, 0.3) is 81.1 Å². The number of pyridine rings is 1. The predicted octanol–water partition coefficient (Wildman–Crippen LogP) is 15.7. The van der Waals surface area contributed by atoms with Crippen LogP contribution in [0.1, 0.15) is 70.1 Å². The van der Waals surface area contributed by atoms with Crippen LogP contribution in [0.2, 0.25) is 19.6 Å². The largest absolute Gasteiger partial charge is 0.333 e. The topological polar surface area (TPSA) is 30.7 Å². The third kappa shape index (κ3) is 8.84. The van der Waals surface area contributed by atoms with Crippen molar-refractivity contribution in [3.05, 3.63) is 168 Å². The Hall–Kier alpha value is -5.23. The second-order valence-electron chi connectivity index (χ2n) is 18.8. The minimum atomic E-state index is -1.34. The van der Waals surface area contributed by atoms with Gasteiger partial charge in [0.05, 0.1) is 24.9 Å². The van der Waals surface area contributed by atoms with Crippen molar-refractivity contribution in [2.45, 2.75) is 79.4 Å². The summed E-state index contributed by atoms with van der Waals surface area (Å²) in [7, 11) is -1.34. The monoisotopic (exact) mass is 1030 g/mol. The van der Waals surface area contributed by atoms with Crippen LogP contribution in [0, 0.1) is 18.1 Å². The van der Waals surface area contributed by atoms with Crippen molar-refractivity contribution in [3.8, 4) is 28.3 Å². The second kappa shape index (κ2) is 18.1. The van der Waals surface area contributed by atoms with Crippen LogP contribution in [0.5, 0.6) is 0 Å². The summed E-state index contributed by atoms with van der Waals surface area (Å²) >= 11 is 1.85. The minimum Gasteiger partial charge on any atom is -0.333 e. The van der Waals surface area contributed by atoms with Gasteiger partial charge in [0.1, 0.15) is 0 Å². The Morgan fingerprint density at radius 2 is 1.29 bits per heavy atom. The van der Waals surface area contributed by atoms with Gasteiger partial charge in [-0.1, -0.05) is 133 Å². The van der Waals surface area contributed by atoms with Crippen LogP contribution in [0.3, 0.4) is 0 Å². The van der Waals surface area contributed by atoms with Crippen LogP contribution < -0.4 is 5.19 Å². The molecule has 0 saturated heterocycles. The van der Waals surface area contributed by atoms with E-state index in [1.54, 1.807) is 0 Å². The Bertz CT molecular complexity index is 3220. The van der Waals surface area contributed by atoms with Gasteiger partial charge in [0.25, 0.3) is 0 Å². The summed E-state index contributed by atoms with van der Waals surface area (Å²) in [5, 5.41) is 9.16. The fourth-order valence-corrected chi connectivity index (χ4v) is 11.7. The normalized spacial score (nSPS) is 11.9.